The first-order chi connectivity index (χ1) is 11.1. The van der Waals surface area contributed by atoms with Crippen molar-refractivity contribution in [3.63, 3.8) is 0 Å². The van der Waals surface area contributed by atoms with Gasteiger partial charge in [0.05, 0.1) is 0 Å². The number of urea groups is 1. The fourth-order valence-electron chi connectivity index (χ4n) is 2.13. The largest absolute Gasteiger partial charge is 0.508 e. The van der Waals surface area contributed by atoms with Crippen molar-refractivity contribution in [2.75, 3.05) is 0 Å². The molecule has 0 aliphatic carbocycles. The molecular formula is C16H13N3O4. The van der Waals surface area contributed by atoms with Crippen LogP contribution in [-0.4, -0.2) is 28.8 Å². The van der Waals surface area contributed by atoms with Crippen LogP contribution in [0, 0.1) is 0 Å². The zero-order chi connectivity index (χ0) is 16.2. The lowest BCUT2D eigenvalue weighted by Gasteiger charge is -2.11. The van der Waals surface area contributed by atoms with E-state index < -0.39 is 18.0 Å². The lowest BCUT2D eigenvalue weighted by molar-refractivity contribution is -0.118. The Morgan fingerprint density at radius 2 is 1.87 bits per heavy atom. The van der Waals surface area contributed by atoms with Gasteiger partial charge in [-0.2, -0.15) is 0 Å². The third-order valence-corrected chi connectivity index (χ3v) is 3.18. The van der Waals surface area contributed by atoms with Gasteiger partial charge in [0.2, 0.25) is 0 Å². The molecule has 7 heteroatoms. The third kappa shape index (κ3) is 3.29. The number of rotatable bonds is 4. The molecule has 0 aromatic heterocycles. The number of phenolic OH excluding ortho intramolecular Hbond substituents is 1. The molecule has 3 N–H and O–H groups in total. The van der Waals surface area contributed by atoms with Crippen LogP contribution in [0.4, 0.5) is 4.79 Å². The van der Waals surface area contributed by atoms with Crippen molar-refractivity contribution in [1.29, 1.82) is 0 Å². The fraction of sp³-hybridized carbons (Fsp3) is 0.0625. The van der Waals surface area contributed by atoms with Crippen LogP contribution in [0.5, 0.6) is 11.5 Å². The van der Waals surface area contributed by atoms with E-state index in [1.54, 1.807) is 36.4 Å². The van der Waals surface area contributed by atoms with Gasteiger partial charge in [0.1, 0.15) is 11.5 Å². The van der Waals surface area contributed by atoms with E-state index in [9.17, 15) is 14.7 Å². The standard InChI is InChI=1S/C16H13N3O4/c20-11-7-4-8-12(9-11)23-19-13(10-5-2-1-3-6-10)14-15(21)18-16(22)17-14/h1-9,14,20H,(H2,17,18,21,22)/b19-13-. The summed E-state index contributed by atoms with van der Waals surface area (Å²) in [6.45, 7) is 0. The molecule has 1 aliphatic rings. The number of phenols is 1. The van der Waals surface area contributed by atoms with Crippen molar-refractivity contribution in [3.8, 4) is 11.5 Å². The Morgan fingerprint density at radius 1 is 1.09 bits per heavy atom. The molecule has 23 heavy (non-hydrogen) atoms. The number of benzene rings is 2. The van der Waals surface area contributed by atoms with Gasteiger partial charge < -0.3 is 15.3 Å². The molecule has 116 valence electrons. The van der Waals surface area contributed by atoms with Crippen LogP contribution in [0.2, 0.25) is 0 Å². The van der Waals surface area contributed by atoms with Crippen LogP contribution < -0.4 is 15.5 Å². The van der Waals surface area contributed by atoms with E-state index in [1.165, 1.54) is 12.1 Å². The molecule has 1 atom stereocenters. The Labute approximate surface area is 131 Å². The highest BCUT2D eigenvalue weighted by Crippen LogP contribution is 2.18. The molecule has 2 aromatic carbocycles. The minimum absolute atomic E-state index is 0.0332. The molecule has 1 saturated heterocycles. The van der Waals surface area contributed by atoms with E-state index in [0.29, 0.717) is 11.3 Å². The summed E-state index contributed by atoms with van der Waals surface area (Å²) in [6, 6.07) is 13.5. The van der Waals surface area contributed by atoms with Crippen molar-refractivity contribution in [1.82, 2.24) is 10.6 Å². The number of carbonyl (C=O) groups excluding carboxylic acids is 2. The first-order valence-electron chi connectivity index (χ1n) is 6.84. The second-order valence-electron chi connectivity index (χ2n) is 4.83. The fourth-order valence-corrected chi connectivity index (χ4v) is 2.13. The van der Waals surface area contributed by atoms with Gasteiger partial charge in [-0.1, -0.05) is 41.6 Å². The first-order valence-corrected chi connectivity index (χ1v) is 6.84. The monoisotopic (exact) mass is 311 g/mol. The topological polar surface area (TPSA) is 100 Å². The van der Waals surface area contributed by atoms with Crippen molar-refractivity contribution >= 4 is 17.6 Å². The van der Waals surface area contributed by atoms with Crippen molar-refractivity contribution < 1.29 is 19.5 Å². The molecule has 1 fully saturated rings. The maximum Gasteiger partial charge on any atom is 0.322 e. The van der Waals surface area contributed by atoms with Crippen LogP contribution in [0.1, 0.15) is 5.56 Å². The summed E-state index contributed by atoms with van der Waals surface area (Å²) in [5, 5.41) is 18.1. The van der Waals surface area contributed by atoms with Crippen molar-refractivity contribution in [3.05, 3.63) is 60.2 Å². The summed E-state index contributed by atoms with van der Waals surface area (Å²) in [5.41, 5.74) is 0.896. The summed E-state index contributed by atoms with van der Waals surface area (Å²) < 4.78 is 0. The Balaban J connectivity index is 1.93. The van der Waals surface area contributed by atoms with Crippen molar-refractivity contribution in [2.45, 2.75) is 6.04 Å². The third-order valence-electron chi connectivity index (χ3n) is 3.18. The number of hydrogen-bond acceptors (Lipinski definition) is 5. The minimum atomic E-state index is -0.942. The second-order valence-corrected chi connectivity index (χ2v) is 4.83. The average molecular weight is 311 g/mol. The maximum atomic E-state index is 11.9. The predicted octanol–water partition coefficient (Wildman–Crippen LogP) is 1.38. The minimum Gasteiger partial charge on any atom is -0.508 e. The van der Waals surface area contributed by atoms with E-state index >= 15 is 0 Å². The highest BCUT2D eigenvalue weighted by molar-refractivity contribution is 6.23. The van der Waals surface area contributed by atoms with Crippen LogP contribution in [0.25, 0.3) is 0 Å². The zero-order valence-electron chi connectivity index (χ0n) is 11.9. The molecule has 0 radical (unpaired) electrons. The lowest BCUT2D eigenvalue weighted by atomic mass is 10.0. The summed E-state index contributed by atoms with van der Waals surface area (Å²) >= 11 is 0. The number of amides is 3. The average Bonchev–Trinajstić information content (AvgIpc) is 2.87. The molecule has 3 amide bonds. The number of aromatic hydroxyl groups is 1. The smallest absolute Gasteiger partial charge is 0.322 e. The van der Waals surface area contributed by atoms with Gasteiger partial charge in [-0.3, -0.25) is 10.1 Å². The van der Waals surface area contributed by atoms with E-state index in [2.05, 4.69) is 15.8 Å². The van der Waals surface area contributed by atoms with Gasteiger partial charge in [-0.05, 0) is 12.1 Å². The van der Waals surface area contributed by atoms with Gasteiger partial charge in [0.25, 0.3) is 5.91 Å². The van der Waals surface area contributed by atoms with Gasteiger partial charge in [0, 0.05) is 11.6 Å². The van der Waals surface area contributed by atoms with E-state index in [4.69, 9.17) is 4.84 Å². The Bertz CT molecular complexity index is 774. The van der Waals surface area contributed by atoms with Crippen LogP contribution >= 0.6 is 0 Å². The van der Waals surface area contributed by atoms with Crippen LogP contribution in [0.15, 0.2) is 59.8 Å². The Kier molecular flexibility index (Phi) is 3.92. The molecule has 0 saturated carbocycles. The van der Waals surface area contributed by atoms with Crippen LogP contribution in [-0.2, 0) is 4.79 Å². The summed E-state index contributed by atoms with van der Waals surface area (Å²) in [7, 11) is 0. The van der Waals surface area contributed by atoms with Gasteiger partial charge in [-0.25, -0.2) is 4.79 Å². The van der Waals surface area contributed by atoms with Crippen LogP contribution in [0.3, 0.4) is 0 Å². The number of nitrogens with one attached hydrogen (secondary N) is 2. The molecule has 2 aromatic rings. The molecule has 7 nitrogen and oxygen atoms in total. The molecule has 1 unspecified atom stereocenters. The second kappa shape index (κ2) is 6.18. The van der Waals surface area contributed by atoms with Gasteiger partial charge in [0.15, 0.2) is 11.8 Å². The number of nitrogens with zero attached hydrogens (tertiary/aromatic N) is 1. The molecule has 3 rings (SSSR count). The summed E-state index contributed by atoms with van der Waals surface area (Å²) in [5.74, 6) is -0.161. The van der Waals surface area contributed by atoms with E-state index in [0.717, 1.165) is 0 Å². The van der Waals surface area contributed by atoms with Gasteiger partial charge >= 0.3 is 6.03 Å². The normalized spacial score (nSPS) is 17.6. The summed E-state index contributed by atoms with van der Waals surface area (Å²) in [6.07, 6.45) is 0. The van der Waals surface area contributed by atoms with Crippen molar-refractivity contribution in [2.24, 2.45) is 5.16 Å². The Morgan fingerprint density at radius 3 is 2.52 bits per heavy atom. The quantitative estimate of drug-likeness (QED) is 0.451. The number of carbonyl (C=O) groups is 2. The number of oxime groups is 1. The molecular weight excluding hydrogens is 298 g/mol. The molecule has 1 aliphatic heterocycles. The Hall–Kier alpha value is -3.35. The lowest BCUT2D eigenvalue weighted by Crippen LogP contribution is -2.38. The maximum absolute atomic E-state index is 11.9. The predicted molar refractivity (Wildman–Crippen MR) is 82.2 cm³/mol. The zero-order valence-corrected chi connectivity index (χ0v) is 11.9. The van der Waals surface area contributed by atoms with Gasteiger partial charge in [-0.15, -0.1) is 0 Å². The highest BCUT2D eigenvalue weighted by Gasteiger charge is 2.35. The van der Waals surface area contributed by atoms with E-state index in [-0.39, 0.29) is 11.5 Å². The molecule has 1 heterocycles. The molecule has 0 spiro atoms. The first kappa shape index (κ1) is 14.6. The molecule has 0 bridgehead atoms. The van der Waals surface area contributed by atoms with E-state index in [1.807, 2.05) is 6.07 Å². The SMILES string of the molecule is O=C1NC(=O)C(/C(=N\Oc2cccc(O)c2)c2ccccc2)N1. The highest BCUT2D eigenvalue weighted by atomic mass is 16.6. The summed E-state index contributed by atoms with van der Waals surface area (Å²) in [4.78, 5) is 28.5. The number of hydrogen-bond donors (Lipinski definition) is 3. The number of imide groups is 1.